The monoisotopic (exact) mass is 278 g/mol. The highest BCUT2D eigenvalue weighted by Crippen LogP contribution is 2.33. The smallest absolute Gasteiger partial charge is 0.128 e. The van der Waals surface area contributed by atoms with Crippen molar-refractivity contribution in [2.24, 2.45) is 0 Å². The van der Waals surface area contributed by atoms with Gasteiger partial charge in [0, 0.05) is 11.4 Å². The van der Waals surface area contributed by atoms with Gasteiger partial charge in [-0.15, -0.1) is 0 Å². The van der Waals surface area contributed by atoms with Gasteiger partial charge in [0.1, 0.15) is 5.82 Å². The van der Waals surface area contributed by atoms with E-state index in [4.69, 9.17) is 11.0 Å². The third kappa shape index (κ3) is 2.82. The Morgan fingerprint density at radius 1 is 1.33 bits per heavy atom. The number of nitrogens with two attached hydrogens (primary N) is 1. The van der Waals surface area contributed by atoms with E-state index < -0.39 is 0 Å². The van der Waals surface area contributed by atoms with Crippen LogP contribution in [0.25, 0.3) is 0 Å². The first-order chi connectivity index (χ1) is 10.2. The number of aryl methyl sites for hydroxylation is 2. The van der Waals surface area contributed by atoms with Crippen LogP contribution in [0.1, 0.15) is 41.3 Å². The van der Waals surface area contributed by atoms with Crippen LogP contribution in [-0.2, 0) is 6.42 Å². The third-order valence-electron chi connectivity index (χ3n) is 3.89. The van der Waals surface area contributed by atoms with Crippen molar-refractivity contribution < 1.29 is 0 Å². The maximum absolute atomic E-state index is 9.06. The first-order valence-electron chi connectivity index (χ1n) is 7.19. The molecule has 21 heavy (non-hydrogen) atoms. The van der Waals surface area contributed by atoms with E-state index >= 15 is 0 Å². The zero-order valence-electron chi connectivity index (χ0n) is 12.1. The highest BCUT2D eigenvalue weighted by Gasteiger charge is 2.20. The molecular weight excluding hydrogens is 260 g/mol. The molecule has 0 amide bonds. The van der Waals surface area contributed by atoms with E-state index in [2.05, 4.69) is 28.5 Å². The molecule has 0 radical (unpaired) electrons. The topological polar surface area (TPSA) is 74.7 Å². The number of pyridine rings is 1. The fraction of sp³-hybridized carbons (Fsp3) is 0.294. The Morgan fingerprint density at radius 3 is 3.00 bits per heavy atom. The van der Waals surface area contributed by atoms with Gasteiger partial charge in [-0.3, -0.25) is 0 Å². The molecule has 0 saturated carbocycles. The largest absolute Gasteiger partial charge is 0.399 e. The van der Waals surface area contributed by atoms with Crippen molar-refractivity contribution in [2.45, 2.75) is 32.2 Å². The van der Waals surface area contributed by atoms with Crippen molar-refractivity contribution in [3.63, 3.8) is 0 Å². The van der Waals surface area contributed by atoms with Crippen molar-refractivity contribution in [2.75, 3.05) is 11.1 Å². The summed E-state index contributed by atoms with van der Waals surface area (Å²) >= 11 is 0. The summed E-state index contributed by atoms with van der Waals surface area (Å²) in [4.78, 5) is 4.48. The lowest BCUT2D eigenvalue weighted by Gasteiger charge is -2.27. The summed E-state index contributed by atoms with van der Waals surface area (Å²) in [5.41, 5.74) is 10.8. The lowest BCUT2D eigenvalue weighted by Crippen LogP contribution is -2.18. The molecule has 3 N–H and O–H groups in total. The summed E-state index contributed by atoms with van der Waals surface area (Å²) in [5.74, 6) is 0.765. The third-order valence-corrected chi connectivity index (χ3v) is 3.89. The SMILES string of the molecule is Cc1cc(C#N)cc(NC2CCCc3cc(N)ccc32)n1. The fourth-order valence-corrected chi connectivity index (χ4v) is 2.97. The van der Waals surface area contributed by atoms with Crippen molar-refractivity contribution in [1.82, 2.24) is 4.98 Å². The average molecular weight is 278 g/mol. The van der Waals surface area contributed by atoms with Crippen LogP contribution in [0.3, 0.4) is 0 Å². The van der Waals surface area contributed by atoms with Gasteiger partial charge < -0.3 is 11.1 Å². The molecule has 4 nitrogen and oxygen atoms in total. The first kappa shape index (κ1) is 13.4. The van der Waals surface area contributed by atoms with E-state index in [1.807, 2.05) is 13.0 Å². The summed E-state index contributed by atoms with van der Waals surface area (Å²) in [5, 5.41) is 12.5. The van der Waals surface area contributed by atoms with Crippen LogP contribution in [0.4, 0.5) is 11.5 Å². The Bertz CT molecular complexity index is 715. The van der Waals surface area contributed by atoms with Gasteiger partial charge in [-0.25, -0.2) is 4.98 Å². The normalized spacial score (nSPS) is 16.9. The molecule has 1 aliphatic rings. The molecule has 1 aromatic carbocycles. The molecule has 2 aromatic rings. The van der Waals surface area contributed by atoms with Gasteiger partial charge in [0.25, 0.3) is 0 Å². The van der Waals surface area contributed by atoms with Gasteiger partial charge in [0.15, 0.2) is 0 Å². The van der Waals surface area contributed by atoms with Gasteiger partial charge in [-0.05, 0) is 61.6 Å². The summed E-state index contributed by atoms with van der Waals surface area (Å²) in [6.45, 7) is 1.90. The number of hydrogen-bond donors (Lipinski definition) is 2. The second-order valence-corrected chi connectivity index (χ2v) is 5.54. The van der Waals surface area contributed by atoms with Crippen LogP contribution in [-0.4, -0.2) is 4.98 Å². The summed E-state index contributed by atoms with van der Waals surface area (Å²) in [6, 6.07) is 12.1. The molecule has 0 bridgehead atoms. The molecule has 1 aliphatic carbocycles. The number of fused-ring (bicyclic) bond motifs is 1. The van der Waals surface area contributed by atoms with E-state index in [-0.39, 0.29) is 6.04 Å². The Labute approximate surface area is 124 Å². The summed E-state index contributed by atoms with van der Waals surface area (Å²) in [7, 11) is 0. The first-order valence-corrected chi connectivity index (χ1v) is 7.19. The van der Waals surface area contributed by atoms with E-state index in [1.165, 1.54) is 11.1 Å². The maximum atomic E-state index is 9.06. The lowest BCUT2D eigenvalue weighted by atomic mass is 9.87. The fourth-order valence-electron chi connectivity index (χ4n) is 2.97. The minimum atomic E-state index is 0.232. The Morgan fingerprint density at radius 2 is 2.19 bits per heavy atom. The van der Waals surface area contributed by atoms with Crippen molar-refractivity contribution in [3.8, 4) is 6.07 Å². The Hall–Kier alpha value is -2.54. The Kier molecular flexibility index (Phi) is 3.49. The highest BCUT2D eigenvalue weighted by molar-refractivity contribution is 5.51. The van der Waals surface area contributed by atoms with Gasteiger partial charge in [0.2, 0.25) is 0 Å². The van der Waals surface area contributed by atoms with Crippen LogP contribution in [0.2, 0.25) is 0 Å². The lowest BCUT2D eigenvalue weighted by molar-refractivity contribution is 0.599. The standard InChI is InChI=1S/C17H18N4/c1-11-7-12(10-18)8-17(20-11)21-16-4-2-3-13-9-14(19)5-6-15(13)16/h5-9,16H,2-4,19H2,1H3,(H,20,21). The van der Waals surface area contributed by atoms with E-state index in [0.29, 0.717) is 5.56 Å². The predicted molar refractivity (Wildman–Crippen MR) is 83.8 cm³/mol. The zero-order chi connectivity index (χ0) is 14.8. The predicted octanol–water partition coefficient (Wildman–Crippen LogP) is 3.33. The molecule has 106 valence electrons. The van der Waals surface area contributed by atoms with Gasteiger partial charge >= 0.3 is 0 Å². The number of nitrogens with one attached hydrogen (secondary N) is 1. The number of nitriles is 1. The molecule has 1 heterocycles. The molecule has 0 saturated heterocycles. The van der Waals surface area contributed by atoms with Crippen LogP contribution in [0.5, 0.6) is 0 Å². The summed E-state index contributed by atoms with van der Waals surface area (Å²) in [6.07, 6.45) is 3.27. The highest BCUT2D eigenvalue weighted by atomic mass is 15.0. The maximum Gasteiger partial charge on any atom is 0.128 e. The van der Waals surface area contributed by atoms with Crippen molar-refractivity contribution in [3.05, 3.63) is 52.7 Å². The molecule has 4 heteroatoms. The molecule has 0 spiro atoms. The van der Waals surface area contributed by atoms with Crippen molar-refractivity contribution in [1.29, 1.82) is 5.26 Å². The van der Waals surface area contributed by atoms with Crippen LogP contribution in [0, 0.1) is 18.3 Å². The van der Waals surface area contributed by atoms with Crippen LogP contribution >= 0.6 is 0 Å². The molecule has 0 aliphatic heterocycles. The van der Waals surface area contributed by atoms with Crippen molar-refractivity contribution >= 4 is 11.5 Å². The molecule has 1 unspecified atom stereocenters. The Balaban J connectivity index is 1.90. The zero-order valence-corrected chi connectivity index (χ0v) is 12.1. The van der Waals surface area contributed by atoms with E-state index in [1.54, 1.807) is 12.1 Å². The summed E-state index contributed by atoms with van der Waals surface area (Å²) < 4.78 is 0. The minimum Gasteiger partial charge on any atom is -0.399 e. The molecule has 3 rings (SSSR count). The van der Waals surface area contributed by atoms with Gasteiger partial charge in [-0.1, -0.05) is 6.07 Å². The number of nitrogens with zero attached hydrogens (tertiary/aromatic N) is 2. The number of rotatable bonds is 2. The molecule has 0 fully saturated rings. The molecule has 1 atom stereocenters. The average Bonchev–Trinajstić information content (AvgIpc) is 2.46. The number of hydrogen-bond acceptors (Lipinski definition) is 4. The number of aromatic nitrogens is 1. The van der Waals surface area contributed by atoms with Gasteiger partial charge in [0.05, 0.1) is 17.7 Å². The quantitative estimate of drug-likeness (QED) is 0.826. The van der Waals surface area contributed by atoms with E-state index in [0.717, 1.165) is 36.5 Å². The van der Waals surface area contributed by atoms with Gasteiger partial charge in [-0.2, -0.15) is 5.26 Å². The molecule has 1 aromatic heterocycles. The molecular formula is C17H18N4. The second kappa shape index (κ2) is 5.45. The number of nitrogen functional groups attached to an aromatic ring is 1. The van der Waals surface area contributed by atoms with Crippen LogP contribution < -0.4 is 11.1 Å². The van der Waals surface area contributed by atoms with E-state index in [9.17, 15) is 0 Å². The number of anilines is 2. The van der Waals surface area contributed by atoms with Crippen LogP contribution in [0.15, 0.2) is 30.3 Å². The minimum absolute atomic E-state index is 0.232. The second-order valence-electron chi connectivity index (χ2n) is 5.54. The number of benzene rings is 1.